The number of anilines is 1. The quantitative estimate of drug-likeness (QED) is 0.811. The van der Waals surface area contributed by atoms with E-state index in [9.17, 15) is 13.2 Å². The predicted octanol–water partition coefficient (Wildman–Crippen LogP) is 4.84. The molecule has 1 aliphatic carbocycles. The molecule has 1 N–H and O–H groups in total. The molecular formula is C15H20F3N. The lowest BCUT2D eigenvalue weighted by atomic mass is 9.84. The Hall–Kier alpha value is -1.19. The zero-order valence-electron chi connectivity index (χ0n) is 11.3. The van der Waals surface area contributed by atoms with Crippen LogP contribution in [0, 0.1) is 19.8 Å². The van der Waals surface area contributed by atoms with Crippen LogP contribution in [-0.4, -0.2) is 12.2 Å². The molecule has 2 unspecified atom stereocenters. The summed E-state index contributed by atoms with van der Waals surface area (Å²) >= 11 is 0. The van der Waals surface area contributed by atoms with Gasteiger partial charge in [0.1, 0.15) is 0 Å². The van der Waals surface area contributed by atoms with Gasteiger partial charge in [-0.2, -0.15) is 13.2 Å². The molecule has 0 bridgehead atoms. The van der Waals surface area contributed by atoms with E-state index in [-0.39, 0.29) is 6.42 Å². The summed E-state index contributed by atoms with van der Waals surface area (Å²) in [7, 11) is 0. The predicted molar refractivity (Wildman–Crippen MR) is 71.3 cm³/mol. The molecule has 1 fully saturated rings. The third-order valence-electron chi connectivity index (χ3n) is 3.76. The molecule has 0 amide bonds. The number of benzene rings is 1. The van der Waals surface area contributed by atoms with E-state index in [1.807, 2.05) is 32.0 Å². The van der Waals surface area contributed by atoms with Crippen molar-refractivity contribution in [2.75, 3.05) is 5.32 Å². The molecule has 106 valence electrons. The van der Waals surface area contributed by atoms with Gasteiger partial charge in [0, 0.05) is 11.7 Å². The van der Waals surface area contributed by atoms with Crippen LogP contribution < -0.4 is 5.32 Å². The molecule has 0 saturated heterocycles. The monoisotopic (exact) mass is 271 g/mol. The van der Waals surface area contributed by atoms with Crippen molar-refractivity contribution in [1.29, 1.82) is 0 Å². The highest BCUT2D eigenvalue weighted by Crippen LogP contribution is 2.39. The Morgan fingerprint density at radius 2 is 1.58 bits per heavy atom. The normalized spacial score (nSPS) is 24.3. The van der Waals surface area contributed by atoms with Crippen LogP contribution in [0.2, 0.25) is 0 Å². The lowest BCUT2D eigenvalue weighted by molar-refractivity contribution is -0.184. The third-order valence-corrected chi connectivity index (χ3v) is 3.76. The van der Waals surface area contributed by atoms with Crippen LogP contribution >= 0.6 is 0 Å². The molecular weight excluding hydrogens is 251 g/mol. The Morgan fingerprint density at radius 1 is 1.00 bits per heavy atom. The molecule has 0 aromatic heterocycles. The second kappa shape index (κ2) is 5.43. The Labute approximate surface area is 112 Å². The van der Waals surface area contributed by atoms with Gasteiger partial charge in [0.25, 0.3) is 0 Å². The minimum absolute atomic E-state index is 0.242. The van der Waals surface area contributed by atoms with Crippen molar-refractivity contribution in [3.05, 3.63) is 29.3 Å². The molecule has 2 atom stereocenters. The SMILES string of the molecule is Cc1cc(C)cc(NC2CCCCC2C(F)(F)F)c1. The van der Waals surface area contributed by atoms with Crippen molar-refractivity contribution < 1.29 is 13.2 Å². The lowest BCUT2D eigenvalue weighted by Gasteiger charge is -2.34. The Morgan fingerprint density at radius 3 is 2.16 bits per heavy atom. The molecule has 1 aliphatic rings. The topological polar surface area (TPSA) is 12.0 Å². The van der Waals surface area contributed by atoms with Crippen molar-refractivity contribution in [3.8, 4) is 0 Å². The van der Waals surface area contributed by atoms with Gasteiger partial charge in [0.2, 0.25) is 0 Å². The molecule has 1 nitrogen and oxygen atoms in total. The van der Waals surface area contributed by atoms with Crippen molar-refractivity contribution in [3.63, 3.8) is 0 Å². The maximum absolute atomic E-state index is 13.0. The number of hydrogen-bond donors (Lipinski definition) is 1. The zero-order valence-corrected chi connectivity index (χ0v) is 11.3. The van der Waals surface area contributed by atoms with Crippen molar-refractivity contribution in [1.82, 2.24) is 0 Å². The molecule has 2 rings (SSSR count). The van der Waals surface area contributed by atoms with E-state index in [1.165, 1.54) is 0 Å². The average Bonchev–Trinajstić information content (AvgIpc) is 2.26. The van der Waals surface area contributed by atoms with Crippen LogP contribution in [0.1, 0.15) is 36.8 Å². The van der Waals surface area contributed by atoms with E-state index < -0.39 is 18.1 Å². The van der Waals surface area contributed by atoms with Gasteiger partial charge in [-0.15, -0.1) is 0 Å². The van der Waals surface area contributed by atoms with Gasteiger partial charge in [-0.05, 0) is 49.9 Å². The van der Waals surface area contributed by atoms with E-state index in [4.69, 9.17) is 0 Å². The zero-order chi connectivity index (χ0) is 14.0. The largest absolute Gasteiger partial charge is 0.393 e. The van der Waals surface area contributed by atoms with Crippen LogP contribution in [0.15, 0.2) is 18.2 Å². The molecule has 0 heterocycles. The van der Waals surface area contributed by atoms with Crippen molar-refractivity contribution in [2.24, 2.45) is 5.92 Å². The molecule has 0 spiro atoms. The Balaban J connectivity index is 2.15. The highest BCUT2D eigenvalue weighted by Gasteiger charge is 2.45. The molecule has 1 saturated carbocycles. The summed E-state index contributed by atoms with van der Waals surface area (Å²) in [5.41, 5.74) is 2.95. The minimum Gasteiger partial charge on any atom is -0.382 e. The maximum atomic E-state index is 13.0. The molecule has 0 radical (unpaired) electrons. The van der Waals surface area contributed by atoms with Crippen molar-refractivity contribution in [2.45, 2.75) is 51.7 Å². The van der Waals surface area contributed by atoms with E-state index in [0.29, 0.717) is 12.8 Å². The summed E-state index contributed by atoms with van der Waals surface area (Å²) in [6.45, 7) is 3.92. The van der Waals surface area contributed by atoms with Crippen LogP contribution in [0.25, 0.3) is 0 Å². The van der Waals surface area contributed by atoms with Gasteiger partial charge in [-0.25, -0.2) is 0 Å². The lowest BCUT2D eigenvalue weighted by Crippen LogP contribution is -2.41. The van der Waals surface area contributed by atoms with Crippen LogP contribution in [0.3, 0.4) is 0 Å². The number of alkyl halides is 3. The first-order chi connectivity index (χ1) is 8.86. The highest BCUT2D eigenvalue weighted by atomic mass is 19.4. The van der Waals surface area contributed by atoms with E-state index in [0.717, 1.165) is 23.2 Å². The number of rotatable bonds is 2. The van der Waals surface area contributed by atoms with Gasteiger partial charge in [-0.1, -0.05) is 18.9 Å². The number of aryl methyl sites for hydroxylation is 2. The molecule has 4 heteroatoms. The number of halogens is 3. The van der Waals surface area contributed by atoms with Gasteiger partial charge >= 0.3 is 6.18 Å². The summed E-state index contributed by atoms with van der Waals surface area (Å²) in [5, 5.41) is 3.10. The van der Waals surface area contributed by atoms with Crippen LogP contribution in [0.5, 0.6) is 0 Å². The van der Waals surface area contributed by atoms with E-state index >= 15 is 0 Å². The minimum atomic E-state index is -4.10. The van der Waals surface area contributed by atoms with Gasteiger partial charge < -0.3 is 5.32 Å². The fraction of sp³-hybridized carbons (Fsp3) is 0.600. The molecule has 19 heavy (non-hydrogen) atoms. The molecule has 1 aromatic rings. The Kier molecular flexibility index (Phi) is 4.07. The summed E-state index contributed by atoms with van der Waals surface area (Å²) in [6, 6.07) is 5.35. The summed E-state index contributed by atoms with van der Waals surface area (Å²) in [4.78, 5) is 0. The van der Waals surface area contributed by atoms with E-state index in [1.54, 1.807) is 0 Å². The fourth-order valence-electron chi connectivity index (χ4n) is 2.97. The maximum Gasteiger partial charge on any atom is 0.393 e. The summed E-state index contributed by atoms with van der Waals surface area (Å²) in [6.07, 6.45) is -1.72. The first-order valence-electron chi connectivity index (χ1n) is 6.78. The molecule has 1 aromatic carbocycles. The van der Waals surface area contributed by atoms with Gasteiger partial charge in [-0.3, -0.25) is 0 Å². The first kappa shape index (κ1) is 14.2. The molecule has 0 aliphatic heterocycles. The fourth-order valence-corrected chi connectivity index (χ4v) is 2.97. The highest BCUT2D eigenvalue weighted by molar-refractivity contribution is 5.49. The average molecular weight is 271 g/mol. The van der Waals surface area contributed by atoms with Crippen LogP contribution in [0.4, 0.5) is 18.9 Å². The number of hydrogen-bond acceptors (Lipinski definition) is 1. The number of nitrogens with one attached hydrogen (secondary N) is 1. The second-order valence-corrected chi connectivity index (χ2v) is 5.56. The Bertz CT molecular complexity index is 419. The van der Waals surface area contributed by atoms with Gasteiger partial charge in [0.05, 0.1) is 5.92 Å². The third kappa shape index (κ3) is 3.64. The van der Waals surface area contributed by atoms with E-state index in [2.05, 4.69) is 5.32 Å². The van der Waals surface area contributed by atoms with Crippen LogP contribution in [-0.2, 0) is 0 Å². The summed E-state index contributed by atoms with van der Waals surface area (Å²) in [5.74, 6) is -1.22. The summed E-state index contributed by atoms with van der Waals surface area (Å²) < 4.78 is 39.0. The first-order valence-corrected chi connectivity index (χ1v) is 6.78. The smallest absolute Gasteiger partial charge is 0.382 e. The second-order valence-electron chi connectivity index (χ2n) is 5.56. The standard InChI is InChI=1S/C15H20F3N/c1-10-7-11(2)9-12(8-10)19-14-6-4-3-5-13(14)15(16,17)18/h7-9,13-14,19H,3-6H2,1-2H3. The van der Waals surface area contributed by atoms with Crippen molar-refractivity contribution >= 4 is 5.69 Å². The van der Waals surface area contributed by atoms with Gasteiger partial charge in [0.15, 0.2) is 0 Å².